The molecule has 0 saturated carbocycles. The number of halogens is 1. The molecule has 27 heavy (non-hydrogen) atoms. The molecule has 1 aliphatic heterocycles. The molecule has 1 unspecified atom stereocenters. The second-order valence-electron chi connectivity index (χ2n) is 6.33. The molecule has 1 aromatic heterocycles. The minimum atomic E-state index is 0. The summed E-state index contributed by atoms with van der Waals surface area (Å²) in [6.07, 6.45) is 5.21. The predicted octanol–water partition coefficient (Wildman–Crippen LogP) is 2.17. The van der Waals surface area contributed by atoms with Crippen molar-refractivity contribution in [3.05, 3.63) is 48.3 Å². The Kier molecular flexibility index (Phi) is 8.08. The molecule has 2 aromatic rings. The van der Waals surface area contributed by atoms with E-state index in [4.69, 9.17) is 0 Å². The number of carbonyl (C=O) groups is 1. The maximum absolute atomic E-state index is 11.8. The van der Waals surface area contributed by atoms with E-state index in [9.17, 15) is 4.79 Å². The van der Waals surface area contributed by atoms with Gasteiger partial charge in [-0.3, -0.25) is 9.79 Å². The average molecular weight is 482 g/mol. The smallest absolute Gasteiger partial charge is 0.222 e. The number of rotatable bonds is 5. The molecule has 1 saturated heterocycles. The zero-order valence-corrected chi connectivity index (χ0v) is 18.1. The summed E-state index contributed by atoms with van der Waals surface area (Å²) in [5, 5.41) is 11.1. The highest BCUT2D eigenvalue weighted by atomic mass is 127. The Hall–Kier alpha value is -2.10. The Balaban J connectivity index is 0.00000261. The van der Waals surface area contributed by atoms with Crippen LogP contribution in [0.2, 0.25) is 0 Å². The van der Waals surface area contributed by atoms with Gasteiger partial charge in [0.15, 0.2) is 5.96 Å². The van der Waals surface area contributed by atoms with E-state index in [2.05, 4.69) is 26.8 Å². The number of aliphatic imine (C=N–C) groups is 1. The molecule has 8 heteroatoms. The van der Waals surface area contributed by atoms with Crippen LogP contribution in [0.25, 0.3) is 5.69 Å². The third-order valence-electron chi connectivity index (χ3n) is 4.60. The summed E-state index contributed by atoms with van der Waals surface area (Å²) in [4.78, 5) is 18.1. The fourth-order valence-corrected chi connectivity index (χ4v) is 3.19. The van der Waals surface area contributed by atoms with Crippen LogP contribution in [0.1, 0.15) is 25.3 Å². The molecule has 0 bridgehead atoms. The Morgan fingerprint density at radius 1 is 1.33 bits per heavy atom. The van der Waals surface area contributed by atoms with Gasteiger partial charge in [0.25, 0.3) is 0 Å². The van der Waals surface area contributed by atoms with Crippen LogP contribution in [0, 0.1) is 0 Å². The zero-order chi connectivity index (χ0) is 18.4. The van der Waals surface area contributed by atoms with Crippen LogP contribution >= 0.6 is 24.0 Å². The molecule has 1 aliphatic rings. The average Bonchev–Trinajstić information content (AvgIpc) is 3.36. The lowest BCUT2D eigenvalue weighted by molar-refractivity contribution is -0.129. The van der Waals surface area contributed by atoms with Gasteiger partial charge in [0.05, 0.1) is 5.69 Å². The summed E-state index contributed by atoms with van der Waals surface area (Å²) in [5.41, 5.74) is 2.18. The Morgan fingerprint density at radius 3 is 2.85 bits per heavy atom. The number of nitrogens with zero attached hydrogens (tertiary/aromatic N) is 4. The molecule has 0 radical (unpaired) electrons. The van der Waals surface area contributed by atoms with E-state index in [0.29, 0.717) is 13.0 Å². The van der Waals surface area contributed by atoms with Crippen molar-refractivity contribution in [2.45, 2.75) is 32.4 Å². The van der Waals surface area contributed by atoms with Crippen LogP contribution in [0.5, 0.6) is 0 Å². The van der Waals surface area contributed by atoms with Crippen molar-refractivity contribution >= 4 is 35.8 Å². The highest BCUT2D eigenvalue weighted by Crippen LogP contribution is 2.13. The van der Waals surface area contributed by atoms with E-state index in [1.54, 1.807) is 13.2 Å². The number of benzene rings is 1. The number of para-hydroxylation sites is 1. The second-order valence-corrected chi connectivity index (χ2v) is 6.33. The third-order valence-corrected chi connectivity index (χ3v) is 4.60. The first kappa shape index (κ1) is 21.2. The van der Waals surface area contributed by atoms with Crippen molar-refractivity contribution in [3.8, 4) is 5.69 Å². The molecule has 0 aliphatic carbocycles. The van der Waals surface area contributed by atoms with E-state index < -0.39 is 0 Å². The topological polar surface area (TPSA) is 74.6 Å². The Bertz CT molecular complexity index is 761. The first-order chi connectivity index (χ1) is 12.7. The number of likely N-dealkylation sites (tertiary alicyclic amines) is 1. The van der Waals surface area contributed by atoms with Crippen LogP contribution < -0.4 is 10.6 Å². The molecule has 3 rings (SSSR count). The third kappa shape index (κ3) is 5.44. The summed E-state index contributed by atoms with van der Waals surface area (Å²) in [6.45, 7) is 4.08. The summed E-state index contributed by atoms with van der Waals surface area (Å²) in [7, 11) is 1.76. The molecule has 0 spiro atoms. The number of amides is 1. The van der Waals surface area contributed by atoms with Gasteiger partial charge < -0.3 is 15.5 Å². The molecule has 7 nitrogen and oxygen atoms in total. The lowest BCUT2D eigenvalue weighted by Gasteiger charge is -2.19. The molecule has 1 fully saturated rings. The second kappa shape index (κ2) is 10.3. The van der Waals surface area contributed by atoms with Crippen molar-refractivity contribution in [3.63, 3.8) is 0 Å². The lowest BCUT2D eigenvalue weighted by Crippen LogP contribution is -2.44. The van der Waals surface area contributed by atoms with Crippen LogP contribution in [0.3, 0.4) is 0 Å². The van der Waals surface area contributed by atoms with Crippen molar-refractivity contribution < 1.29 is 4.79 Å². The monoisotopic (exact) mass is 482 g/mol. The number of hydrogen-bond acceptors (Lipinski definition) is 3. The lowest BCUT2D eigenvalue weighted by atomic mass is 10.2. The summed E-state index contributed by atoms with van der Waals surface area (Å²) in [5.74, 6) is 0.960. The highest BCUT2D eigenvalue weighted by molar-refractivity contribution is 14.0. The van der Waals surface area contributed by atoms with Crippen LogP contribution in [0.15, 0.2) is 47.7 Å². The molecular weight excluding hydrogens is 455 g/mol. The van der Waals surface area contributed by atoms with Crippen molar-refractivity contribution in [2.24, 2.45) is 4.99 Å². The van der Waals surface area contributed by atoms with Gasteiger partial charge in [0.1, 0.15) is 0 Å². The Labute approximate surface area is 177 Å². The molecule has 2 heterocycles. The first-order valence-electron chi connectivity index (χ1n) is 9.04. The van der Waals surface area contributed by atoms with E-state index >= 15 is 0 Å². The molecule has 146 valence electrons. The standard InChI is InChI=1S/C19H26N6O.HI/c1-3-18(26)24-12-9-16(14-24)23-19(20-2)21-13-15-7-4-5-8-17(15)25-11-6-10-22-25;/h4-8,10-11,16H,3,9,12-14H2,1-2H3,(H2,20,21,23);1H. The number of guanidine groups is 1. The summed E-state index contributed by atoms with van der Waals surface area (Å²) < 4.78 is 1.86. The normalized spacial score (nSPS) is 16.7. The van der Waals surface area contributed by atoms with Crippen molar-refractivity contribution in [2.75, 3.05) is 20.1 Å². The molecule has 1 aromatic carbocycles. The predicted molar refractivity (Wildman–Crippen MR) is 118 cm³/mol. The molecule has 2 N–H and O–H groups in total. The van der Waals surface area contributed by atoms with Gasteiger partial charge in [0, 0.05) is 51.5 Å². The van der Waals surface area contributed by atoms with E-state index in [1.807, 2.05) is 47.0 Å². The SMILES string of the molecule is CCC(=O)N1CCC(NC(=NC)NCc2ccccc2-n2cccn2)C1.I. The highest BCUT2D eigenvalue weighted by Gasteiger charge is 2.25. The van der Waals surface area contributed by atoms with Crippen molar-refractivity contribution in [1.29, 1.82) is 0 Å². The largest absolute Gasteiger partial charge is 0.352 e. The number of aromatic nitrogens is 2. The van der Waals surface area contributed by atoms with Gasteiger partial charge >= 0.3 is 0 Å². The fraction of sp³-hybridized carbons (Fsp3) is 0.421. The van der Waals surface area contributed by atoms with Crippen molar-refractivity contribution in [1.82, 2.24) is 25.3 Å². The zero-order valence-electron chi connectivity index (χ0n) is 15.8. The van der Waals surface area contributed by atoms with Gasteiger partial charge in [-0.05, 0) is 24.1 Å². The van der Waals surface area contributed by atoms with E-state index in [-0.39, 0.29) is 35.9 Å². The van der Waals surface area contributed by atoms with Gasteiger partial charge in [-0.15, -0.1) is 24.0 Å². The fourth-order valence-electron chi connectivity index (χ4n) is 3.19. The van der Waals surface area contributed by atoms with Crippen LogP contribution in [-0.4, -0.2) is 52.7 Å². The van der Waals surface area contributed by atoms with E-state index in [0.717, 1.165) is 36.7 Å². The number of carbonyl (C=O) groups excluding carboxylic acids is 1. The van der Waals surface area contributed by atoms with Crippen LogP contribution in [0.4, 0.5) is 0 Å². The van der Waals surface area contributed by atoms with Gasteiger partial charge in [-0.25, -0.2) is 4.68 Å². The number of nitrogens with one attached hydrogen (secondary N) is 2. The maximum Gasteiger partial charge on any atom is 0.222 e. The molecule has 1 atom stereocenters. The molecule has 1 amide bonds. The van der Waals surface area contributed by atoms with Gasteiger partial charge in [0.2, 0.25) is 5.91 Å². The van der Waals surface area contributed by atoms with Crippen LogP contribution in [-0.2, 0) is 11.3 Å². The minimum Gasteiger partial charge on any atom is -0.352 e. The number of hydrogen-bond donors (Lipinski definition) is 2. The quantitative estimate of drug-likeness (QED) is 0.389. The van der Waals surface area contributed by atoms with Gasteiger partial charge in [-0.1, -0.05) is 25.1 Å². The maximum atomic E-state index is 11.8. The minimum absolute atomic E-state index is 0. The Morgan fingerprint density at radius 2 is 2.15 bits per heavy atom. The first-order valence-corrected chi connectivity index (χ1v) is 9.04. The van der Waals surface area contributed by atoms with Gasteiger partial charge in [-0.2, -0.15) is 5.10 Å². The van der Waals surface area contributed by atoms with E-state index in [1.165, 1.54) is 0 Å². The summed E-state index contributed by atoms with van der Waals surface area (Å²) >= 11 is 0. The summed E-state index contributed by atoms with van der Waals surface area (Å²) in [6, 6.07) is 10.3. The molecular formula is C19H27IN6O.